The molecule has 0 radical (unpaired) electrons. The Morgan fingerprint density at radius 1 is 1.28 bits per heavy atom. The minimum absolute atomic E-state index is 0.0721. The maximum atomic E-state index is 12.3. The van der Waals surface area contributed by atoms with Gasteiger partial charge < -0.3 is 14.4 Å². The van der Waals surface area contributed by atoms with Gasteiger partial charge >= 0.3 is 0 Å². The zero-order chi connectivity index (χ0) is 17.6. The fourth-order valence-corrected chi connectivity index (χ4v) is 2.79. The van der Waals surface area contributed by atoms with Crippen molar-refractivity contribution in [1.82, 2.24) is 14.9 Å². The van der Waals surface area contributed by atoms with Crippen LogP contribution < -0.4 is 9.47 Å². The fourth-order valence-electron chi connectivity index (χ4n) is 2.59. The number of methoxy groups -OCH3 is 1. The van der Waals surface area contributed by atoms with Gasteiger partial charge in [0.15, 0.2) is 0 Å². The molecule has 7 heteroatoms. The van der Waals surface area contributed by atoms with E-state index in [2.05, 4.69) is 9.97 Å². The Bertz CT molecular complexity index is 782. The standard InChI is InChI=1S/C18H18ClN3O3/c1-24-17-18(21-10-9-20-17)25-14-8-11-22(12-14)16(23)7-6-13-4-2-3-5-15(13)19/h2-7,9-10,14H,8,11-12H2,1H3/b7-6+. The molecule has 1 aliphatic rings. The number of aromatic nitrogens is 2. The molecular formula is C18H18ClN3O3. The third-order valence-corrected chi connectivity index (χ3v) is 4.22. The van der Waals surface area contributed by atoms with E-state index >= 15 is 0 Å². The normalized spacial score (nSPS) is 17.0. The quantitative estimate of drug-likeness (QED) is 0.768. The molecule has 1 unspecified atom stereocenters. The van der Waals surface area contributed by atoms with Crippen LogP contribution in [0.5, 0.6) is 11.8 Å². The highest BCUT2D eigenvalue weighted by Gasteiger charge is 2.27. The Morgan fingerprint density at radius 3 is 2.80 bits per heavy atom. The molecule has 1 aromatic carbocycles. The summed E-state index contributed by atoms with van der Waals surface area (Å²) < 4.78 is 10.9. The van der Waals surface area contributed by atoms with Crippen LogP contribution in [0.4, 0.5) is 0 Å². The van der Waals surface area contributed by atoms with Crippen LogP contribution in [-0.4, -0.2) is 47.1 Å². The Labute approximate surface area is 151 Å². The average Bonchev–Trinajstić information content (AvgIpc) is 3.10. The molecule has 1 fully saturated rings. The summed E-state index contributed by atoms with van der Waals surface area (Å²) in [5.74, 6) is 0.610. The molecule has 0 N–H and O–H groups in total. The second kappa shape index (κ2) is 7.98. The van der Waals surface area contributed by atoms with Gasteiger partial charge in [0.1, 0.15) is 6.10 Å². The van der Waals surface area contributed by atoms with E-state index in [0.717, 1.165) is 12.0 Å². The van der Waals surface area contributed by atoms with Gasteiger partial charge in [-0.05, 0) is 17.7 Å². The van der Waals surface area contributed by atoms with Crippen molar-refractivity contribution in [2.45, 2.75) is 12.5 Å². The van der Waals surface area contributed by atoms with Crippen LogP contribution in [0.1, 0.15) is 12.0 Å². The first kappa shape index (κ1) is 17.2. The molecule has 2 heterocycles. The van der Waals surface area contributed by atoms with Crippen molar-refractivity contribution in [3.05, 3.63) is 53.3 Å². The summed E-state index contributed by atoms with van der Waals surface area (Å²) in [7, 11) is 1.51. The highest BCUT2D eigenvalue weighted by molar-refractivity contribution is 6.32. The second-order valence-corrected chi connectivity index (χ2v) is 5.95. The zero-order valence-corrected chi connectivity index (χ0v) is 14.5. The van der Waals surface area contributed by atoms with Crippen LogP contribution in [0.15, 0.2) is 42.7 Å². The number of likely N-dealkylation sites (tertiary alicyclic amines) is 1. The van der Waals surface area contributed by atoms with E-state index in [1.807, 2.05) is 18.2 Å². The number of carbonyl (C=O) groups excluding carboxylic acids is 1. The van der Waals surface area contributed by atoms with Crippen molar-refractivity contribution in [1.29, 1.82) is 0 Å². The predicted octanol–water partition coefficient (Wildman–Crippen LogP) is 2.83. The second-order valence-electron chi connectivity index (χ2n) is 5.54. The minimum Gasteiger partial charge on any atom is -0.477 e. The van der Waals surface area contributed by atoms with Gasteiger partial charge in [0, 0.05) is 36.5 Å². The van der Waals surface area contributed by atoms with E-state index in [1.54, 1.807) is 23.2 Å². The van der Waals surface area contributed by atoms with Crippen LogP contribution in [-0.2, 0) is 4.79 Å². The van der Waals surface area contributed by atoms with Gasteiger partial charge in [-0.3, -0.25) is 4.79 Å². The smallest absolute Gasteiger partial charge is 0.278 e. The maximum Gasteiger partial charge on any atom is 0.278 e. The largest absolute Gasteiger partial charge is 0.477 e. The molecule has 1 amide bonds. The Morgan fingerprint density at radius 2 is 2.04 bits per heavy atom. The molecule has 1 aliphatic heterocycles. The summed E-state index contributed by atoms with van der Waals surface area (Å²) in [5, 5.41) is 0.615. The van der Waals surface area contributed by atoms with Crippen LogP contribution in [0.25, 0.3) is 6.08 Å². The lowest BCUT2D eigenvalue weighted by molar-refractivity contribution is -0.125. The highest BCUT2D eigenvalue weighted by Crippen LogP contribution is 2.24. The first-order valence-corrected chi connectivity index (χ1v) is 8.28. The summed E-state index contributed by atoms with van der Waals surface area (Å²) in [5.41, 5.74) is 0.814. The van der Waals surface area contributed by atoms with Crippen molar-refractivity contribution in [3.63, 3.8) is 0 Å². The van der Waals surface area contributed by atoms with E-state index in [9.17, 15) is 4.79 Å². The fraction of sp³-hybridized carbons (Fsp3) is 0.278. The third-order valence-electron chi connectivity index (χ3n) is 3.87. The van der Waals surface area contributed by atoms with Gasteiger partial charge in [-0.1, -0.05) is 29.8 Å². The lowest BCUT2D eigenvalue weighted by Crippen LogP contribution is -2.29. The molecule has 0 saturated carbocycles. The molecule has 1 atom stereocenters. The summed E-state index contributed by atoms with van der Waals surface area (Å²) in [6.45, 7) is 1.12. The molecular weight excluding hydrogens is 342 g/mol. The van der Waals surface area contributed by atoms with E-state index in [1.165, 1.54) is 19.4 Å². The number of amides is 1. The molecule has 1 aromatic heterocycles. The number of nitrogens with zero attached hydrogens (tertiary/aromatic N) is 3. The van der Waals surface area contributed by atoms with Crippen LogP contribution in [0.2, 0.25) is 5.02 Å². The number of benzene rings is 1. The molecule has 0 bridgehead atoms. The number of halogens is 1. The van der Waals surface area contributed by atoms with Gasteiger partial charge in [-0.2, -0.15) is 0 Å². The Hall–Kier alpha value is -2.60. The van der Waals surface area contributed by atoms with Crippen molar-refractivity contribution in [2.75, 3.05) is 20.2 Å². The number of carbonyl (C=O) groups is 1. The van der Waals surface area contributed by atoms with Crippen molar-refractivity contribution < 1.29 is 14.3 Å². The monoisotopic (exact) mass is 359 g/mol. The molecule has 130 valence electrons. The SMILES string of the molecule is COc1nccnc1OC1CCN(C(=O)/C=C/c2ccccc2Cl)C1. The van der Waals surface area contributed by atoms with Gasteiger partial charge in [-0.25, -0.2) is 9.97 Å². The van der Waals surface area contributed by atoms with Gasteiger partial charge in [0.2, 0.25) is 5.91 Å². The maximum absolute atomic E-state index is 12.3. The molecule has 1 saturated heterocycles. The molecule has 2 aromatic rings. The number of hydrogen-bond donors (Lipinski definition) is 0. The minimum atomic E-state index is -0.136. The molecule has 0 spiro atoms. The van der Waals surface area contributed by atoms with E-state index < -0.39 is 0 Å². The van der Waals surface area contributed by atoms with Crippen molar-refractivity contribution in [2.24, 2.45) is 0 Å². The first-order chi connectivity index (χ1) is 12.2. The first-order valence-electron chi connectivity index (χ1n) is 7.90. The van der Waals surface area contributed by atoms with Gasteiger partial charge in [0.25, 0.3) is 11.8 Å². The molecule has 3 rings (SSSR count). The summed E-state index contributed by atoms with van der Waals surface area (Å²) in [6.07, 6.45) is 6.93. The summed E-state index contributed by atoms with van der Waals surface area (Å²) in [6, 6.07) is 7.39. The summed E-state index contributed by atoms with van der Waals surface area (Å²) >= 11 is 6.09. The van der Waals surface area contributed by atoms with Crippen LogP contribution in [0, 0.1) is 0 Å². The van der Waals surface area contributed by atoms with Crippen LogP contribution >= 0.6 is 11.6 Å². The topological polar surface area (TPSA) is 64.6 Å². The Kier molecular flexibility index (Phi) is 5.50. The number of hydrogen-bond acceptors (Lipinski definition) is 5. The third kappa shape index (κ3) is 4.28. The molecule has 0 aliphatic carbocycles. The van der Waals surface area contributed by atoms with E-state index in [0.29, 0.717) is 29.9 Å². The lowest BCUT2D eigenvalue weighted by atomic mass is 10.2. The average molecular weight is 360 g/mol. The lowest BCUT2D eigenvalue weighted by Gasteiger charge is -2.16. The molecule has 25 heavy (non-hydrogen) atoms. The van der Waals surface area contributed by atoms with Crippen molar-refractivity contribution in [3.8, 4) is 11.8 Å². The van der Waals surface area contributed by atoms with Crippen LogP contribution in [0.3, 0.4) is 0 Å². The predicted molar refractivity (Wildman–Crippen MR) is 94.7 cm³/mol. The summed E-state index contributed by atoms with van der Waals surface area (Å²) in [4.78, 5) is 22.3. The van der Waals surface area contributed by atoms with Gasteiger partial charge in [-0.15, -0.1) is 0 Å². The van der Waals surface area contributed by atoms with E-state index in [-0.39, 0.29) is 12.0 Å². The highest BCUT2D eigenvalue weighted by atomic mass is 35.5. The van der Waals surface area contributed by atoms with Crippen molar-refractivity contribution >= 4 is 23.6 Å². The van der Waals surface area contributed by atoms with E-state index in [4.69, 9.17) is 21.1 Å². The Balaban J connectivity index is 1.59. The van der Waals surface area contributed by atoms with Gasteiger partial charge in [0.05, 0.1) is 13.7 Å². The number of rotatable bonds is 5. The number of ether oxygens (including phenoxy) is 2. The molecule has 6 nitrogen and oxygen atoms in total. The zero-order valence-electron chi connectivity index (χ0n) is 13.8.